The molecule has 0 N–H and O–H groups in total. The normalized spacial score (nSPS) is 30.0. The lowest BCUT2D eigenvalue weighted by Gasteiger charge is -2.55. The van der Waals surface area contributed by atoms with Gasteiger partial charge in [0.2, 0.25) is 0 Å². The Labute approximate surface area is 156 Å². The van der Waals surface area contributed by atoms with Crippen molar-refractivity contribution in [3.05, 3.63) is 23.8 Å². The maximum atomic E-state index is 3.27. The Morgan fingerprint density at radius 3 is 2.56 bits per heavy atom. The molecule has 2 heteroatoms. The van der Waals surface area contributed by atoms with Crippen LogP contribution in [0.25, 0.3) is 0 Å². The summed E-state index contributed by atoms with van der Waals surface area (Å²) in [5, 5.41) is 0. The van der Waals surface area contributed by atoms with Crippen LogP contribution in [0.1, 0.15) is 54.4 Å². The summed E-state index contributed by atoms with van der Waals surface area (Å²) in [6.45, 7) is 17.0. The van der Waals surface area contributed by atoms with Crippen LogP contribution in [-0.4, -0.2) is 49.6 Å². The van der Waals surface area contributed by atoms with Crippen LogP contribution >= 0.6 is 0 Å². The average Bonchev–Trinajstić information content (AvgIpc) is 2.44. The van der Waals surface area contributed by atoms with E-state index in [1.807, 2.05) is 6.08 Å². The highest BCUT2D eigenvalue weighted by Gasteiger charge is 2.49. The van der Waals surface area contributed by atoms with Crippen LogP contribution in [0, 0.1) is 28.1 Å². The Hall–Kier alpha value is -1.04. The minimum atomic E-state index is 0.0806. The zero-order valence-electron chi connectivity index (χ0n) is 17.7. The summed E-state index contributed by atoms with van der Waals surface area (Å²) in [5.74, 6) is 6.45. The Kier molecular flexibility index (Phi) is 5.92. The molecule has 2 nitrogen and oxygen atoms in total. The molecule has 0 unspecified atom stereocenters. The van der Waals surface area contributed by atoms with Gasteiger partial charge in [-0.1, -0.05) is 50.3 Å². The Bertz CT molecular complexity index is 592. The molecule has 0 radical (unpaired) electrons. The van der Waals surface area contributed by atoms with Crippen molar-refractivity contribution >= 4 is 0 Å². The van der Waals surface area contributed by atoms with Gasteiger partial charge in [-0.05, 0) is 53.8 Å². The molecule has 1 aliphatic carbocycles. The van der Waals surface area contributed by atoms with Crippen LogP contribution in [0.3, 0.4) is 0 Å². The minimum Gasteiger partial charge on any atom is -0.306 e. The zero-order valence-corrected chi connectivity index (χ0v) is 17.7. The van der Waals surface area contributed by atoms with E-state index in [-0.39, 0.29) is 10.8 Å². The number of nitrogens with zero attached hydrogens (tertiary/aromatic N) is 2. The summed E-state index contributed by atoms with van der Waals surface area (Å²) in [6.07, 6.45) is 9.34. The van der Waals surface area contributed by atoms with E-state index in [0.717, 1.165) is 13.1 Å². The second-order valence-electron chi connectivity index (χ2n) is 10.0. The number of hydrogen-bond donors (Lipinski definition) is 0. The van der Waals surface area contributed by atoms with Gasteiger partial charge in [0.25, 0.3) is 0 Å². The minimum absolute atomic E-state index is 0.0806. The number of allylic oxidation sites excluding steroid dienone is 1. The van der Waals surface area contributed by atoms with Crippen molar-refractivity contribution < 1.29 is 0 Å². The summed E-state index contributed by atoms with van der Waals surface area (Å²) < 4.78 is 0. The van der Waals surface area contributed by atoms with Crippen molar-refractivity contribution in [1.29, 1.82) is 0 Å². The fourth-order valence-electron chi connectivity index (χ4n) is 4.92. The van der Waals surface area contributed by atoms with Gasteiger partial charge >= 0.3 is 0 Å². The second-order valence-corrected chi connectivity index (χ2v) is 10.0. The SMILES string of the molecule is CN(C)[C@H]1CC[C@]2(C)CN(CC=CC#CC(C)(C)C)CC=C2C1(C)C. The molecule has 1 fully saturated rings. The molecule has 25 heavy (non-hydrogen) atoms. The molecule has 2 aliphatic rings. The summed E-state index contributed by atoms with van der Waals surface area (Å²) in [4.78, 5) is 4.98. The van der Waals surface area contributed by atoms with E-state index < -0.39 is 0 Å². The van der Waals surface area contributed by atoms with E-state index in [0.29, 0.717) is 11.5 Å². The average molecular weight is 343 g/mol. The van der Waals surface area contributed by atoms with Crippen molar-refractivity contribution in [2.45, 2.75) is 60.4 Å². The van der Waals surface area contributed by atoms with Crippen LogP contribution < -0.4 is 0 Å². The van der Waals surface area contributed by atoms with Crippen LogP contribution in [0.5, 0.6) is 0 Å². The Balaban J connectivity index is 2.06. The van der Waals surface area contributed by atoms with Crippen LogP contribution in [0.2, 0.25) is 0 Å². The van der Waals surface area contributed by atoms with E-state index in [9.17, 15) is 0 Å². The molecule has 0 aromatic heterocycles. The lowest BCUT2D eigenvalue weighted by Crippen LogP contribution is -2.54. The van der Waals surface area contributed by atoms with Crippen molar-refractivity contribution in [2.24, 2.45) is 16.2 Å². The highest BCUT2D eigenvalue weighted by molar-refractivity contribution is 5.30. The highest BCUT2D eigenvalue weighted by atomic mass is 15.1. The Morgan fingerprint density at radius 1 is 1.28 bits per heavy atom. The van der Waals surface area contributed by atoms with Gasteiger partial charge in [-0.15, -0.1) is 0 Å². The van der Waals surface area contributed by atoms with Gasteiger partial charge in [0.15, 0.2) is 0 Å². The van der Waals surface area contributed by atoms with Crippen LogP contribution in [0.15, 0.2) is 23.8 Å². The molecule has 1 heterocycles. The van der Waals surface area contributed by atoms with Gasteiger partial charge < -0.3 is 4.90 Å². The molecular formula is C23H38N2. The predicted molar refractivity (Wildman–Crippen MR) is 109 cm³/mol. The van der Waals surface area contributed by atoms with Crippen LogP contribution in [-0.2, 0) is 0 Å². The first-order valence-electron chi connectivity index (χ1n) is 9.73. The molecule has 0 aromatic rings. The second kappa shape index (κ2) is 7.29. The first kappa shape index (κ1) is 20.3. The van der Waals surface area contributed by atoms with Crippen LogP contribution in [0.4, 0.5) is 0 Å². The Morgan fingerprint density at radius 2 is 1.96 bits per heavy atom. The molecule has 0 saturated heterocycles. The predicted octanol–water partition coefficient (Wildman–Crippen LogP) is 4.59. The van der Waals surface area contributed by atoms with Crippen molar-refractivity contribution in [1.82, 2.24) is 9.80 Å². The van der Waals surface area contributed by atoms with E-state index in [1.54, 1.807) is 5.57 Å². The molecule has 0 bridgehead atoms. The quantitative estimate of drug-likeness (QED) is 0.547. The molecule has 0 aromatic carbocycles. The van der Waals surface area contributed by atoms with Crippen molar-refractivity contribution in [3.8, 4) is 11.8 Å². The molecule has 1 saturated carbocycles. The summed E-state index contributed by atoms with van der Waals surface area (Å²) >= 11 is 0. The number of hydrogen-bond acceptors (Lipinski definition) is 2. The first-order chi connectivity index (χ1) is 11.5. The fraction of sp³-hybridized carbons (Fsp3) is 0.739. The summed E-state index contributed by atoms with van der Waals surface area (Å²) in [7, 11) is 4.46. The third-order valence-electron chi connectivity index (χ3n) is 5.91. The van der Waals surface area contributed by atoms with E-state index >= 15 is 0 Å². The van der Waals surface area contributed by atoms with Gasteiger partial charge in [-0.2, -0.15) is 0 Å². The molecule has 2 atom stereocenters. The van der Waals surface area contributed by atoms with E-state index in [2.05, 4.69) is 89.4 Å². The maximum Gasteiger partial charge on any atom is 0.0233 e. The zero-order chi connectivity index (χ0) is 18.9. The number of rotatable bonds is 3. The van der Waals surface area contributed by atoms with E-state index in [4.69, 9.17) is 0 Å². The topological polar surface area (TPSA) is 6.48 Å². The molecule has 0 spiro atoms. The van der Waals surface area contributed by atoms with Crippen molar-refractivity contribution in [2.75, 3.05) is 33.7 Å². The van der Waals surface area contributed by atoms with Gasteiger partial charge in [-0.3, -0.25) is 4.90 Å². The monoisotopic (exact) mass is 342 g/mol. The molecule has 0 amide bonds. The summed E-state index contributed by atoms with van der Waals surface area (Å²) in [5.41, 5.74) is 2.34. The van der Waals surface area contributed by atoms with Gasteiger partial charge in [0.1, 0.15) is 0 Å². The molecular weight excluding hydrogens is 304 g/mol. The third-order valence-corrected chi connectivity index (χ3v) is 5.91. The summed E-state index contributed by atoms with van der Waals surface area (Å²) in [6, 6.07) is 0.644. The highest BCUT2D eigenvalue weighted by Crippen LogP contribution is 2.53. The van der Waals surface area contributed by atoms with E-state index in [1.165, 1.54) is 19.4 Å². The molecule has 1 aliphatic heterocycles. The first-order valence-corrected chi connectivity index (χ1v) is 9.73. The number of fused-ring (bicyclic) bond motifs is 1. The van der Waals surface area contributed by atoms with Crippen molar-refractivity contribution in [3.63, 3.8) is 0 Å². The fourth-order valence-corrected chi connectivity index (χ4v) is 4.92. The van der Waals surface area contributed by atoms with Gasteiger partial charge in [-0.25, -0.2) is 0 Å². The lowest BCUT2D eigenvalue weighted by atomic mass is 9.57. The third kappa shape index (κ3) is 4.78. The largest absolute Gasteiger partial charge is 0.306 e. The standard InChI is InChI=1S/C23H38N2/c1-21(2,3)14-10-9-11-16-25-17-13-19-22(4,5)20(24(7)8)12-15-23(19,6)18-25/h9,11,13,20H,12,15-18H2,1-8H3/t20-,23+/m0/s1. The molecule has 140 valence electrons. The van der Waals surface area contributed by atoms with Gasteiger partial charge in [0, 0.05) is 41.9 Å². The van der Waals surface area contributed by atoms with Gasteiger partial charge in [0.05, 0.1) is 0 Å². The molecule has 2 rings (SSSR count). The lowest BCUT2D eigenvalue weighted by molar-refractivity contribution is 0.0525. The smallest absolute Gasteiger partial charge is 0.0233 e. The maximum absolute atomic E-state index is 3.27.